The molecule has 1 aromatic rings. The number of hydrogen-bond donors (Lipinski definition) is 1. The largest absolute Gasteiger partial charge is 0.466 e. The van der Waals surface area contributed by atoms with Crippen molar-refractivity contribution >= 4 is 33.7 Å². The summed E-state index contributed by atoms with van der Waals surface area (Å²) in [6.45, 7) is 9.72. The van der Waals surface area contributed by atoms with Gasteiger partial charge in [0.05, 0.1) is 50.4 Å². The van der Waals surface area contributed by atoms with Crippen molar-refractivity contribution < 1.29 is 33.7 Å². The van der Waals surface area contributed by atoms with Crippen LogP contribution < -0.4 is 0 Å². The van der Waals surface area contributed by atoms with Crippen molar-refractivity contribution in [2.24, 2.45) is 11.8 Å². The number of halogens is 1. The Hall–Kier alpha value is -2.31. The third-order valence-electron chi connectivity index (χ3n) is 8.89. The van der Waals surface area contributed by atoms with Crippen LogP contribution in [0, 0.1) is 11.8 Å². The van der Waals surface area contributed by atoms with Crippen molar-refractivity contribution in [3.63, 3.8) is 0 Å². The van der Waals surface area contributed by atoms with Gasteiger partial charge in [0.15, 0.2) is 0 Å². The number of nitrogens with zero attached hydrogens (tertiary/aromatic N) is 3. The third-order valence-corrected chi connectivity index (χ3v) is 9.73. The van der Waals surface area contributed by atoms with E-state index < -0.39 is 41.6 Å². The van der Waals surface area contributed by atoms with Gasteiger partial charge in [0, 0.05) is 37.6 Å². The highest BCUT2D eigenvalue weighted by molar-refractivity contribution is 9.09. The van der Waals surface area contributed by atoms with Crippen molar-refractivity contribution in [3.8, 4) is 0 Å². The maximum absolute atomic E-state index is 14.6. The summed E-state index contributed by atoms with van der Waals surface area (Å²) < 4.78 is 17.5. The molecule has 0 aliphatic carbocycles. The normalized spacial score (nSPS) is 31.6. The smallest absolute Gasteiger partial charge is 0.312 e. The number of aliphatic hydroxyl groups excluding tert-OH is 1. The number of alkyl halides is 1. The van der Waals surface area contributed by atoms with Crippen LogP contribution in [-0.4, -0.2) is 125 Å². The number of benzene rings is 1. The average Bonchev–Trinajstić information content (AvgIpc) is 3.58. The minimum atomic E-state index is -1.22. The Balaban J connectivity index is 1.51. The zero-order valence-corrected chi connectivity index (χ0v) is 25.1. The van der Waals surface area contributed by atoms with Gasteiger partial charge in [-0.3, -0.25) is 19.3 Å². The Bertz CT molecular complexity index is 1120. The van der Waals surface area contributed by atoms with Gasteiger partial charge < -0.3 is 29.1 Å². The van der Waals surface area contributed by atoms with Crippen molar-refractivity contribution in [2.75, 3.05) is 59.2 Å². The number of aliphatic hydroxyl groups is 1. The Morgan fingerprint density at radius 3 is 2.68 bits per heavy atom. The summed E-state index contributed by atoms with van der Waals surface area (Å²) in [6.07, 6.45) is 1.85. The Morgan fingerprint density at radius 2 is 2.02 bits per heavy atom. The number of hydrogen-bond acceptors (Lipinski definition) is 8. The first-order valence-corrected chi connectivity index (χ1v) is 15.4. The molecule has 41 heavy (non-hydrogen) atoms. The number of rotatable bonds is 12. The molecule has 4 aliphatic heterocycles. The van der Waals surface area contributed by atoms with Crippen LogP contribution in [0.3, 0.4) is 0 Å². The minimum Gasteiger partial charge on any atom is -0.466 e. The van der Waals surface area contributed by atoms with E-state index in [9.17, 15) is 19.5 Å². The van der Waals surface area contributed by atoms with Gasteiger partial charge in [0.2, 0.25) is 11.8 Å². The Labute approximate surface area is 249 Å². The highest BCUT2D eigenvalue weighted by Crippen LogP contribution is 2.60. The molecule has 1 spiro atoms. The molecule has 4 fully saturated rings. The molecular formula is C30H40BrN3O7. The quantitative estimate of drug-likeness (QED) is 0.208. The lowest BCUT2D eigenvalue weighted by molar-refractivity contribution is -0.156. The Kier molecular flexibility index (Phi) is 9.50. The van der Waals surface area contributed by atoms with Crippen LogP contribution in [0.15, 0.2) is 43.0 Å². The molecule has 0 radical (unpaired) electrons. The molecule has 0 aromatic heterocycles. The first-order chi connectivity index (χ1) is 19.9. The molecular weight excluding hydrogens is 594 g/mol. The molecule has 11 heteroatoms. The number of carbonyl (C=O) groups excluding carboxylic acids is 3. The SMILES string of the molecule is C=CCN(CCN1CCOCC1)C(=O)[C@H]1N([C@@H](CO)Cc2ccccc2)C(=O)[C@@H]2[C@@H](C(=O)OCC)[C@@H]3O[C@@]21CC3Br. The first-order valence-electron chi connectivity index (χ1n) is 14.5. The van der Waals surface area contributed by atoms with Crippen LogP contribution in [-0.2, 0) is 35.0 Å². The van der Waals surface area contributed by atoms with Crippen LogP contribution in [0.2, 0.25) is 0 Å². The molecule has 4 aliphatic rings. The predicted octanol–water partition coefficient (Wildman–Crippen LogP) is 1.25. The molecule has 1 unspecified atom stereocenters. The summed E-state index contributed by atoms with van der Waals surface area (Å²) in [4.78, 5) is 47.5. The van der Waals surface area contributed by atoms with E-state index in [-0.39, 0.29) is 29.9 Å². The topological polar surface area (TPSA) is 109 Å². The highest BCUT2D eigenvalue weighted by Gasteiger charge is 2.77. The van der Waals surface area contributed by atoms with Gasteiger partial charge in [-0.05, 0) is 25.3 Å². The summed E-state index contributed by atoms with van der Waals surface area (Å²) in [5.41, 5.74) is -0.284. The van der Waals surface area contributed by atoms with E-state index in [1.807, 2.05) is 30.3 Å². The fourth-order valence-electron chi connectivity index (χ4n) is 7.09. The van der Waals surface area contributed by atoms with Crippen LogP contribution in [0.5, 0.6) is 0 Å². The van der Waals surface area contributed by atoms with Crippen LogP contribution >= 0.6 is 15.9 Å². The van der Waals surface area contributed by atoms with Gasteiger partial charge in [-0.15, -0.1) is 6.58 Å². The molecule has 1 aromatic carbocycles. The first kappa shape index (κ1) is 30.2. The second-order valence-corrected chi connectivity index (χ2v) is 12.4. The second-order valence-electron chi connectivity index (χ2n) is 11.2. The van der Waals surface area contributed by atoms with Gasteiger partial charge in [-0.2, -0.15) is 0 Å². The lowest BCUT2D eigenvalue weighted by atomic mass is 9.70. The molecule has 4 heterocycles. The predicted molar refractivity (Wildman–Crippen MR) is 154 cm³/mol. The molecule has 7 atom stereocenters. The Morgan fingerprint density at radius 1 is 1.29 bits per heavy atom. The summed E-state index contributed by atoms with van der Waals surface area (Å²) >= 11 is 3.69. The van der Waals surface area contributed by atoms with E-state index in [0.29, 0.717) is 45.7 Å². The number of amides is 2. The van der Waals surface area contributed by atoms with Crippen molar-refractivity contribution in [1.82, 2.24) is 14.7 Å². The number of esters is 1. The average molecular weight is 635 g/mol. The van der Waals surface area contributed by atoms with Crippen LogP contribution in [0.1, 0.15) is 18.9 Å². The number of ether oxygens (including phenoxy) is 3. The minimum absolute atomic E-state index is 0.177. The molecule has 2 bridgehead atoms. The summed E-state index contributed by atoms with van der Waals surface area (Å²) in [5.74, 6) is -2.80. The van der Waals surface area contributed by atoms with Crippen LogP contribution in [0.25, 0.3) is 0 Å². The van der Waals surface area contributed by atoms with E-state index in [1.54, 1.807) is 17.9 Å². The van der Waals surface area contributed by atoms with Gasteiger partial charge in [-0.25, -0.2) is 0 Å². The van der Waals surface area contributed by atoms with Gasteiger partial charge >= 0.3 is 5.97 Å². The fourth-order valence-corrected chi connectivity index (χ4v) is 8.03. The summed E-state index contributed by atoms with van der Waals surface area (Å²) in [7, 11) is 0. The van der Waals surface area contributed by atoms with E-state index in [1.165, 1.54) is 4.90 Å². The van der Waals surface area contributed by atoms with Gasteiger partial charge in [0.25, 0.3) is 0 Å². The lowest BCUT2D eigenvalue weighted by Gasteiger charge is -2.40. The summed E-state index contributed by atoms with van der Waals surface area (Å²) in [5, 5.41) is 10.6. The van der Waals surface area contributed by atoms with Crippen molar-refractivity contribution in [2.45, 2.75) is 48.4 Å². The molecule has 10 nitrogen and oxygen atoms in total. The zero-order chi connectivity index (χ0) is 29.1. The molecule has 1 N–H and O–H groups in total. The van der Waals surface area contributed by atoms with E-state index in [4.69, 9.17) is 14.2 Å². The van der Waals surface area contributed by atoms with E-state index in [0.717, 1.165) is 18.7 Å². The number of morpholine rings is 1. The fraction of sp³-hybridized carbons (Fsp3) is 0.633. The monoisotopic (exact) mass is 633 g/mol. The molecule has 2 amide bonds. The number of carbonyl (C=O) groups is 3. The van der Waals surface area contributed by atoms with Crippen molar-refractivity contribution in [1.29, 1.82) is 0 Å². The third kappa shape index (κ3) is 5.59. The molecule has 5 rings (SSSR count). The van der Waals surface area contributed by atoms with Crippen LogP contribution in [0.4, 0.5) is 0 Å². The number of likely N-dealkylation sites (tertiary alicyclic amines) is 1. The maximum Gasteiger partial charge on any atom is 0.312 e. The molecule has 4 saturated heterocycles. The lowest BCUT2D eigenvalue weighted by Crippen LogP contribution is -2.60. The number of fused-ring (bicyclic) bond motifs is 1. The van der Waals surface area contributed by atoms with Gasteiger partial charge in [-0.1, -0.05) is 52.3 Å². The molecule has 0 saturated carbocycles. The molecule has 224 valence electrons. The van der Waals surface area contributed by atoms with Crippen molar-refractivity contribution in [3.05, 3.63) is 48.6 Å². The van der Waals surface area contributed by atoms with E-state index >= 15 is 0 Å². The highest BCUT2D eigenvalue weighted by atomic mass is 79.9. The maximum atomic E-state index is 14.6. The van der Waals surface area contributed by atoms with E-state index in [2.05, 4.69) is 27.4 Å². The van der Waals surface area contributed by atoms with Gasteiger partial charge in [0.1, 0.15) is 11.6 Å². The zero-order valence-electron chi connectivity index (χ0n) is 23.5. The standard InChI is InChI=1S/C30H40BrN3O7/c1-3-10-33(12-11-32-13-15-39-16-14-32)28(37)26-30-18-22(31)25(41-30)23(29(38)40-4-2)24(30)27(36)34(26)21(19-35)17-20-8-6-5-7-9-20/h3,5-9,21-26,35H,1,4,10-19H2,2H3/t21-,22?,23-,24+,25-,26-,30+/m1/s1. The second kappa shape index (κ2) is 12.9. The summed E-state index contributed by atoms with van der Waals surface area (Å²) in [6, 6.07) is 7.90.